The van der Waals surface area contributed by atoms with Gasteiger partial charge in [0.15, 0.2) is 0 Å². The van der Waals surface area contributed by atoms with E-state index in [1.807, 2.05) is 36.4 Å². The second-order valence-electron chi connectivity index (χ2n) is 11.6. The maximum atomic E-state index is 14.0. The van der Waals surface area contributed by atoms with Crippen LogP contribution < -0.4 is 10.6 Å². The summed E-state index contributed by atoms with van der Waals surface area (Å²) in [6, 6.07) is 14.7. The zero-order valence-electron chi connectivity index (χ0n) is 23.5. The van der Waals surface area contributed by atoms with E-state index in [1.165, 1.54) is 25.7 Å². The van der Waals surface area contributed by atoms with Gasteiger partial charge < -0.3 is 15.5 Å². The molecule has 0 radical (unpaired) electrons. The van der Waals surface area contributed by atoms with Crippen LogP contribution in [0.25, 0.3) is 0 Å². The van der Waals surface area contributed by atoms with Gasteiger partial charge in [0.2, 0.25) is 5.96 Å². The number of hydrogen-bond acceptors (Lipinski definition) is 4. The fourth-order valence-corrected chi connectivity index (χ4v) is 6.87. The summed E-state index contributed by atoms with van der Waals surface area (Å²) in [5, 5.41) is 14.7. The van der Waals surface area contributed by atoms with Crippen LogP contribution in [0.3, 0.4) is 0 Å². The average Bonchev–Trinajstić information content (AvgIpc) is 3.18. The summed E-state index contributed by atoms with van der Waals surface area (Å²) in [6.07, 6.45) is 9.51. The van der Waals surface area contributed by atoms with Crippen molar-refractivity contribution in [2.75, 3.05) is 6.54 Å². The van der Waals surface area contributed by atoms with Gasteiger partial charge in [0, 0.05) is 25.2 Å². The van der Waals surface area contributed by atoms with Crippen LogP contribution in [0.2, 0.25) is 0 Å². The minimum absolute atomic E-state index is 0.105. The highest BCUT2D eigenvalue weighted by molar-refractivity contribution is 6.08. The number of carbonyl (C=O) groups excluding carboxylic acids is 3. The van der Waals surface area contributed by atoms with Crippen molar-refractivity contribution in [2.45, 2.75) is 83.5 Å². The van der Waals surface area contributed by atoms with E-state index in [9.17, 15) is 14.4 Å². The number of rotatable bonds is 10. The van der Waals surface area contributed by atoms with Crippen molar-refractivity contribution in [1.29, 1.82) is 5.41 Å². The fourth-order valence-electron chi connectivity index (χ4n) is 6.87. The number of guanidine groups is 1. The molecule has 0 spiro atoms. The lowest BCUT2D eigenvalue weighted by Gasteiger charge is -2.49. The van der Waals surface area contributed by atoms with Gasteiger partial charge in [-0.1, -0.05) is 87.6 Å². The molecule has 3 aliphatic rings. The highest BCUT2D eigenvalue weighted by Crippen LogP contribution is 2.48. The minimum Gasteiger partial charge on any atom is -0.334 e. The highest BCUT2D eigenvalue weighted by Gasteiger charge is 2.59. The first-order valence-electron chi connectivity index (χ1n) is 14.8. The van der Waals surface area contributed by atoms with Crippen LogP contribution >= 0.6 is 0 Å². The molecule has 0 bridgehead atoms. The molecule has 5 rings (SSSR count). The predicted octanol–water partition coefficient (Wildman–Crippen LogP) is 5.22. The molecule has 2 heterocycles. The Balaban J connectivity index is 1.19. The molecule has 3 unspecified atom stereocenters. The molecule has 8 heteroatoms. The van der Waals surface area contributed by atoms with E-state index in [4.69, 9.17) is 5.41 Å². The maximum Gasteiger partial charge on any atom is 0.315 e. The molecule has 2 aliphatic heterocycles. The third-order valence-corrected chi connectivity index (χ3v) is 9.14. The maximum absolute atomic E-state index is 14.0. The van der Waals surface area contributed by atoms with E-state index in [2.05, 4.69) is 22.5 Å². The number of nitrogens with one attached hydrogen (secondary N) is 3. The summed E-state index contributed by atoms with van der Waals surface area (Å²) < 4.78 is 0. The molecule has 2 saturated heterocycles. The predicted molar refractivity (Wildman–Crippen MR) is 155 cm³/mol. The molecule has 3 fully saturated rings. The summed E-state index contributed by atoms with van der Waals surface area (Å²) >= 11 is 0. The number of unbranched alkanes of at least 4 members (excludes halogenated alkanes) is 1. The van der Waals surface area contributed by atoms with Crippen molar-refractivity contribution in [1.82, 2.24) is 20.4 Å². The normalized spacial score (nSPS) is 23.9. The topological polar surface area (TPSA) is 106 Å². The zero-order chi connectivity index (χ0) is 28.1. The Kier molecular flexibility index (Phi) is 8.52. The molecule has 1 saturated carbocycles. The van der Waals surface area contributed by atoms with Crippen LogP contribution in [-0.4, -0.2) is 46.1 Å². The third kappa shape index (κ3) is 5.62. The molecule has 3 atom stereocenters. The minimum atomic E-state index is -0.547. The second kappa shape index (κ2) is 12.2. The van der Waals surface area contributed by atoms with Crippen molar-refractivity contribution < 1.29 is 14.4 Å². The van der Waals surface area contributed by atoms with Crippen LogP contribution in [-0.2, 0) is 24.4 Å². The highest BCUT2D eigenvalue weighted by atomic mass is 16.2. The first kappa shape index (κ1) is 27.9. The Hall–Kier alpha value is -3.68. The van der Waals surface area contributed by atoms with E-state index in [1.54, 1.807) is 17.0 Å². The van der Waals surface area contributed by atoms with Gasteiger partial charge in [-0.2, -0.15) is 0 Å². The van der Waals surface area contributed by atoms with Gasteiger partial charge in [-0.15, -0.1) is 0 Å². The first-order chi connectivity index (χ1) is 19.4. The Bertz CT molecular complexity index is 1250. The molecule has 2 aromatic rings. The summed E-state index contributed by atoms with van der Waals surface area (Å²) in [5.41, 5.74) is 2.70. The summed E-state index contributed by atoms with van der Waals surface area (Å²) in [7, 11) is 0. The lowest BCUT2D eigenvalue weighted by Crippen LogP contribution is -2.58. The van der Waals surface area contributed by atoms with Gasteiger partial charge >= 0.3 is 6.03 Å². The summed E-state index contributed by atoms with van der Waals surface area (Å²) in [6.45, 7) is 4.03. The van der Waals surface area contributed by atoms with Crippen LogP contribution in [0, 0.1) is 17.2 Å². The Labute approximate surface area is 237 Å². The Morgan fingerprint density at radius 1 is 1.02 bits per heavy atom. The number of fused-ring (bicyclic) bond motifs is 2. The zero-order valence-corrected chi connectivity index (χ0v) is 23.5. The van der Waals surface area contributed by atoms with Crippen molar-refractivity contribution in [2.24, 2.45) is 11.8 Å². The van der Waals surface area contributed by atoms with Crippen LogP contribution in [0.5, 0.6) is 0 Å². The van der Waals surface area contributed by atoms with Crippen LogP contribution in [0.4, 0.5) is 4.79 Å². The van der Waals surface area contributed by atoms with E-state index < -0.39 is 5.54 Å². The van der Waals surface area contributed by atoms with E-state index in [0.717, 1.165) is 55.2 Å². The second-order valence-corrected chi connectivity index (χ2v) is 11.6. The monoisotopic (exact) mass is 543 g/mol. The number of benzene rings is 2. The smallest absolute Gasteiger partial charge is 0.315 e. The number of aldehydes is 1. The molecule has 40 heavy (non-hydrogen) atoms. The average molecular weight is 544 g/mol. The van der Waals surface area contributed by atoms with E-state index >= 15 is 0 Å². The summed E-state index contributed by atoms with van der Waals surface area (Å²) in [5.74, 6) is 1.67. The van der Waals surface area contributed by atoms with Crippen molar-refractivity contribution >= 4 is 24.2 Å². The van der Waals surface area contributed by atoms with Gasteiger partial charge in [0.1, 0.15) is 11.8 Å². The molecular formula is C32H41N5O3. The Morgan fingerprint density at radius 3 is 2.48 bits per heavy atom. The number of urea groups is 1. The van der Waals surface area contributed by atoms with Crippen molar-refractivity contribution in [3.05, 3.63) is 70.8 Å². The molecule has 212 valence electrons. The lowest BCUT2D eigenvalue weighted by atomic mass is 9.67. The van der Waals surface area contributed by atoms with E-state index in [-0.39, 0.29) is 18.5 Å². The number of carbonyl (C=O) groups is 3. The van der Waals surface area contributed by atoms with Gasteiger partial charge in [-0.05, 0) is 47.8 Å². The van der Waals surface area contributed by atoms with Gasteiger partial charge in [-0.3, -0.25) is 19.9 Å². The standard InChI is InChI=1S/C32H41N5O3/c1-2-3-16-32-17-25-8-4-6-10-27(25)21-37(32)30(33)36(29(32)39)20-24-14-12-23(13-15-24)18-34-31(40)35-19-26-9-5-7-11-28(26)22-38/h5,7,9,11-15,22,25,27,33H,2-4,6,8,10,16-21H2,1H3,(H2,34,35,40). The first-order valence-corrected chi connectivity index (χ1v) is 14.8. The molecule has 1 aliphatic carbocycles. The summed E-state index contributed by atoms with van der Waals surface area (Å²) in [4.78, 5) is 41.3. The van der Waals surface area contributed by atoms with Gasteiger partial charge in [-0.25, -0.2) is 4.79 Å². The van der Waals surface area contributed by atoms with Gasteiger partial charge in [0.25, 0.3) is 5.91 Å². The van der Waals surface area contributed by atoms with Gasteiger partial charge in [0.05, 0.1) is 6.54 Å². The number of hydrogen-bond donors (Lipinski definition) is 3. The molecule has 2 aromatic carbocycles. The van der Waals surface area contributed by atoms with Crippen molar-refractivity contribution in [3.8, 4) is 0 Å². The molecule has 3 N–H and O–H groups in total. The third-order valence-electron chi connectivity index (χ3n) is 9.14. The quantitative estimate of drug-likeness (QED) is 0.358. The van der Waals surface area contributed by atoms with Crippen molar-refractivity contribution in [3.63, 3.8) is 0 Å². The number of piperidine rings is 1. The van der Waals surface area contributed by atoms with Crippen LogP contribution in [0.15, 0.2) is 48.5 Å². The molecule has 8 nitrogen and oxygen atoms in total. The molecule has 3 amide bonds. The lowest BCUT2D eigenvalue weighted by molar-refractivity contribution is -0.137. The molecule has 0 aromatic heterocycles. The largest absolute Gasteiger partial charge is 0.334 e. The fraction of sp³-hybridized carbons (Fsp3) is 0.500. The molecular weight excluding hydrogens is 502 g/mol. The number of amides is 3. The Morgan fingerprint density at radius 2 is 1.73 bits per heavy atom. The van der Waals surface area contributed by atoms with E-state index in [0.29, 0.717) is 36.4 Å². The number of nitrogens with zero attached hydrogens (tertiary/aromatic N) is 2. The van der Waals surface area contributed by atoms with Crippen LogP contribution in [0.1, 0.15) is 85.3 Å². The SMILES string of the molecule is CCCCC12CC3CCCCC3CN1C(=N)N(Cc1ccc(CNC(=O)NCc3ccccc3C=O)cc1)C2=O.